The van der Waals surface area contributed by atoms with Crippen molar-refractivity contribution in [1.29, 1.82) is 0 Å². The van der Waals surface area contributed by atoms with Crippen molar-refractivity contribution < 1.29 is 14.6 Å². The number of carbonyl (C=O) groups is 1. The minimum absolute atomic E-state index is 0.135. The first-order valence-corrected chi connectivity index (χ1v) is 9.88. The van der Waals surface area contributed by atoms with Crippen LogP contribution in [0.5, 0.6) is 5.88 Å². The molecule has 0 radical (unpaired) electrons. The number of anilines is 1. The maximum Gasteiger partial charge on any atom is 0.407 e. The number of ether oxygens (including phenoxy) is 1. The van der Waals surface area contributed by atoms with E-state index in [0.29, 0.717) is 31.2 Å². The van der Waals surface area contributed by atoms with Gasteiger partial charge in [0.1, 0.15) is 5.82 Å². The molecule has 9 nitrogen and oxygen atoms in total. The standard InChI is InChI=1S/C21H26N6O3/c1-21(2,3)16-13-25(10-11-26(16)20(28)29)17-7-9-27-18(24-17)15(12-23-27)14-6-5-8-22-19(14)30-4/h5-9,12,16H,10-11,13H2,1-4H3,(H,28,29). The number of hydrogen-bond donors (Lipinski definition) is 1. The fourth-order valence-corrected chi connectivity index (χ4v) is 3.95. The lowest BCUT2D eigenvalue weighted by Crippen LogP contribution is -2.59. The highest BCUT2D eigenvalue weighted by atomic mass is 16.5. The number of nitrogens with zero attached hydrogens (tertiary/aromatic N) is 6. The second kappa shape index (κ2) is 7.47. The van der Waals surface area contributed by atoms with Crippen LogP contribution < -0.4 is 9.64 Å². The number of carboxylic acid groups (broad SMARTS) is 1. The predicted molar refractivity (Wildman–Crippen MR) is 113 cm³/mol. The van der Waals surface area contributed by atoms with E-state index in [9.17, 15) is 9.90 Å². The number of amides is 1. The Morgan fingerprint density at radius 2 is 2.03 bits per heavy atom. The molecule has 3 aromatic rings. The predicted octanol–water partition coefficient (Wildman–Crippen LogP) is 3.01. The quantitative estimate of drug-likeness (QED) is 0.709. The molecule has 1 saturated heterocycles. The second-order valence-corrected chi connectivity index (χ2v) is 8.48. The summed E-state index contributed by atoms with van der Waals surface area (Å²) < 4.78 is 7.13. The molecule has 4 rings (SSSR count). The zero-order valence-electron chi connectivity index (χ0n) is 17.6. The van der Waals surface area contributed by atoms with Gasteiger partial charge in [-0.3, -0.25) is 0 Å². The van der Waals surface area contributed by atoms with Gasteiger partial charge >= 0.3 is 6.09 Å². The van der Waals surface area contributed by atoms with E-state index in [0.717, 1.165) is 16.9 Å². The number of piperazine rings is 1. The van der Waals surface area contributed by atoms with Crippen LogP contribution >= 0.6 is 0 Å². The second-order valence-electron chi connectivity index (χ2n) is 8.48. The summed E-state index contributed by atoms with van der Waals surface area (Å²) in [6.07, 6.45) is 4.44. The maximum atomic E-state index is 11.7. The maximum absolute atomic E-state index is 11.7. The lowest BCUT2D eigenvalue weighted by molar-refractivity contribution is 0.0747. The van der Waals surface area contributed by atoms with E-state index in [1.54, 1.807) is 28.9 Å². The SMILES string of the molecule is COc1ncccc1-c1cnn2ccc(N3CCN(C(=O)O)C(C(C)(C)C)C3)nc12. The van der Waals surface area contributed by atoms with Crippen LogP contribution in [0.1, 0.15) is 20.8 Å². The molecule has 1 fully saturated rings. The van der Waals surface area contributed by atoms with E-state index < -0.39 is 6.09 Å². The Morgan fingerprint density at radius 3 is 2.73 bits per heavy atom. The molecule has 4 heterocycles. The number of rotatable bonds is 3. The molecule has 0 aliphatic carbocycles. The number of methoxy groups -OCH3 is 1. The highest BCUT2D eigenvalue weighted by molar-refractivity contribution is 5.80. The average molecular weight is 410 g/mol. The zero-order chi connectivity index (χ0) is 21.5. The molecule has 0 saturated carbocycles. The highest BCUT2D eigenvalue weighted by Crippen LogP contribution is 2.32. The van der Waals surface area contributed by atoms with Crippen molar-refractivity contribution in [3.8, 4) is 17.0 Å². The molecule has 0 spiro atoms. The van der Waals surface area contributed by atoms with Crippen molar-refractivity contribution in [3.63, 3.8) is 0 Å². The molecule has 158 valence electrons. The van der Waals surface area contributed by atoms with Gasteiger partial charge in [-0.25, -0.2) is 19.3 Å². The lowest BCUT2D eigenvalue weighted by Gasteiger charge is -2.46. The topological polar surface area (TPSA) is 96.1 Å². The van der Waals surface area contributed by atoms with Gasteiger partial charge in [-0.05, 0) is 23.6 Å². The third-order valence-corrected chi connectivity index (χ3v) is 5.56. The summed E-state index contributed by atoms with van der Waals surface area (Å²) in [5.41, 5.74) is 2.17. The molecule has 1 unspecified atom stereocenters. The van der Waals surface area contributed by atoms with E-state index in [-0.39, 0.29) is 11.5 Å². The van der Waals surface area contributed by atoms with Crippen LogP contribution in [0.2, 0.25) is 0 Å². The molecular weight excluding hydrogens is 384 g/mol. The molecule has 1 aliphatic rings. The Bertz CT molecular complexity index is 1070. The Labute approximate surface area is 174 Å². The van der Waals surface area contributed by atoms with Crippen LogP contribution in [0.15, 0.2) is 36.8 Å². The summed E-state index contributed by atoms with van der Waals surface area (Å²) in [5, 5.41) is 14.0. The first-order valence-electron chi connectivity index (χ1n) is 9.88. The molecule has 1 atom stereocenters. The van der Waals surface area contributed by atoms with Crippen molar-refractivity contribution in [3.05, 3.63) is 36.8 Å². The van der Waals surface area contributed by atoms with E-state index in [1.807, 2.05) is 24.4 Å². The van der Waals surface area contributed by atoms with Gasteiger partial charge in [0.05, 0.1) is 24.9 Å². The number of hydrogen-bond acceptors (Lipinski definition) is 6. The number of fused-ring (bicyclic) bond motifs is 1. The fourth-order valence-electron chi connectivity index (χ4n) is 3.95. The van der Waals surface area contributed by atoms with Gasteiger partial charge in [0.2, 0.25) is 5.88 Å². The van der Waals surface area contributed by atoms with E-state index in [4.69, 9.17) is 9.72 Å². The number of pyridine rings is 1. The molecular formula is C21H26N6O3. The average Bonchev–Trinajstić information content (AvgIpc) is 3.15. The third kappa shape index (κ3) is 3.51. The zero-order valence-corrected chi connectivity index (χ0v) is 17.6. The molecule has 0 aromatic carbocycles. The fraction of sp³-hybridized carbons (Fsp3) is 0.429. The summed E-state index contributed by atoms with van der Waals surface area (Å²) >= 11 is 0. The van der Waals surface area contributed by atoms with Crippen LogP contribution in [0.25, 0.3) is 16.8 Å². The minimum atomic E-state index is -0.875. The van der Waals surface area contributed by atoms with E-state index >= 15 is 0 Å². The Kier molecular flexibility index (Phi) is 4.97. The number of aromatic nitrogens is 4. The van der Waals surface area contributed by atoms with Gasteiger partial charge in [-0.1, -0.05) is 20.8 Å². The third-order valence-electron chi connectivity index (χ3n) is 5.56. The van der Waals surface area contributed by atoms with Gasteiger partial charge in [0, 0.05) is 37.6 Å². The Balaban J connectivity index is 1.71. The summed E-state index contributed by atoms with van der Waals surface area (Å²) in [4.78, 5) is 24.6. The van der Waals surface area contributed by atoms with Crippen molar-refractivity contribution in [2.75, 3.05) is 31.6 Å². The molecule has 1 N–H and O–H groups in total. The van der Waals surface area contributed by atoms with Crippen molar-refractivity contribution in [1.82, 2.24) is 24.5 Å². The van der Waals surface area contributed by atoms with Crippen molar-refractivity contribution in [2.45, 2.75) is 26.8 Å². The smallest absolute Gasteiger partial charge is 0.407 e. The van der Waals surface area contributed by atoms with Crippen LogP contribution in [-0.4, -0.2) is 68.5 Å². The lowest BCUT2D eigenvalue weighted by atomic mass is 9.84. The molecule has 30 heavy (non-hydrogen) atoms. The summed E-state index contributed by atoms with van der Waals surface area (Å²) in [7, 11) is 1.59. The van der Waals surface area contributed by atoms with Crippen LogP contribution in [0.4, 0.5) is 10.6 Å². The van der Waals surface area contributed by atoms with Gasteiger partial charge < -0.3 is 19.6 Å². The first kappa shape index (κ1) is 19.9. The van der Waals surface area contributed by atoms with Crippen molar-refractivity contribution in [2.24, 2.45) is 5.41 Å². The summed E-state index contributed by atoms with van der Waals surface area (Å²) in [6, 6.07) is 5.56. The Morgan fingerprint density at radius 1 is 1.23 bits per heavy atom. The van der Waals surface area contributed by atoms with E-state index in [2.05, 4.69) is 35.8 Å². The molecule has 1 amide bonds. The largest absolute Gasteiger partial charge is 0.481 e. The van der Waals surface area contributed by atoms with Crippen molar-refractivity contribution >= 4 is 17.6 Å². The molecule has 0 bridgehead atoms. The van der Waals surface area contributed by atoms with Gasteiger partial charge in [-0.15, -0.1) is 0 Å². The van der Waals surface area contributed by atoms with Gasteiger partial charge in [-0.2, -0.15) is 5.10 Å². The molecule has 1 aliphatic heterocycles. The van der Waals surface area contributed by atoms with Gasteiger partial charge in [0.25, 0.3) is 0 Å². The van der Waals surface area contributed by atoms with Crippen LogP contribution in [-0.2, 0) is 0 Å². The normalized spacial score (nSPS) is 17.4. The highest BCUT2D eigenvalue weighted by Gasteiger charge is 2.38. The van der Waals surface area contributed by atoms with Crippen LogP contribution in [0.3, 0.4) is 0 Å². The first-order chi connectivity index (χ1) is 14.3. The van der Waals surface area contributed by atoms with Crippen LogP contribution in [0, 0.1) is 5.41 Å². The summed E-state index contributed by atoms with van der Waals surface area (Å²) in [5.74, 6) is 1.31. The van der Waals surface area contributed by atoms with Gasteiger partial charge in [0.15, 0.2) is 5.65 Å². The minimum Gasteiger partial charge on any atom is -0.481 e. The van der Waals surface area contributed by atoms with E-state index in [1.165, 1.54) is 0 Å². The molecule has 9 heteroatoms. The monoisotopic (exact) mass is 410 g/mol. The Hall–Kier alpha value is -3.36. The summed E-state index contributed by atoms with van der Waals surface area (Å²) in [6.45, 7) is 7.81. The molecule has 3 aromatic heterocycles.